The molecule has 7 nitrogen and oxygen atoms in total. The van der Waals surface area contributed by atoms with Crippen molar-refractivity contribution in [3.63, 3.8) is 0 Å². The number of fused-ring (bicyclic) bond motifs is 4. The number of carbonyl (C=O) groups excluding carboxylic acids is 3. The smallest absolute Gasteiger partial charge is 0.320 e. The Bertz CT molecular complexity index is 587. The van der Waals surface area contributed by atoms with Crippen LogP contribution in [0.5, 0.6) is 0 Å². The number of piperidine rings is 4. The van der Waals surface area contributed by atoms with Gasteiger partial charge in [-0.2, -0.15) is 0 Å². The van der Waals surface area contributed by atoms with Gasteiger partial charge in [0.1, 0.15) is 0 Å². The minimum absolute atomic E-state index is 0.00483. The van der Waals surface area contributed by atoms with Crippen LogP contribution in [-0.4, -0.2) is 77.4 Å². The van der Waals surface area contributed by atoms with Crippen molar-refractivity contribution in [2.75, 3.05) is 32.7 Å². The van der Waals surface area contributed by atoms with E-state index in [2.05, 4.69) is 10.2 Å². The maximum absolute atomic E-state index is 13.0. The highest BCUT2D eigenvalue weighted by Crippen LogP contribution is 2.38. The molecule has 26 heavy (non-hydrogen) atoms. The molecule has 4 fully saturated rings. The van der Waals surface area contributed by atoms with Crippen LogP contribution in [0, 0.1) is 11.8 Å². The Labute approximate surface area is 155 Å². The van der Waals surface area contributed by atoms with E-state index in [9.17, 15) is 14.4 Å². The molecule has 0 aromatic carbocycles. The molecule has 4 saturated heterocycles. The largest absolute Gasteiger partial charge is 0.353 e. The first-order chi connectivity index (χ1) is 12.5. The third kappa shape index (κ3) is 3.40. The molecule has 1 N–H and O–H groups in total. The molecule has 0 aromatic rings. The molecule has 0 radical (unpaired) electrons. The first-order valence-corrected chi connectivity index (χ1v) is 10.1. The highest BCUT2D eigenvalue weighted by atomic mass is 16.2. The van der Waals surface area contributed by atoms with E-state index in [-0.39, 0.29) is 18.0 Å². The van der Waals surface area contributed by atoms with Crippen LogP contribution >= 0.6 is 0 Å². The summed E-state index contributed by atoms with van der Waals surface area (Å²) in [6, 6.07) is 0.684. The fraction of sp³-hybridized carbons (Fsp3) is 0.842. The van der Waals surface area contributed by atoms with E-state index in [0.29, 0.717) is 43.3 Å². The molecule has 0 spiro atoms. The summed E-state index contributed by atoms with van der Waals surface area (Å²) in [6.45, 7) is 5.36. The molecule has 4 aliphatic heterocycles. The second-order valence-electron chi connectivity index (χ2n) is 8.52. The highest BCUT2D eigenvalue weighted by molar-refractivity contribution is 5.78. The number of urea groups is 1. The average molecular weight is 362 g/mol. The van der Waals surface area contributed by atoms with Gasteiger partial charge >= 0.3 is 6.03 Å². The number of amides is 4. The lowest BCUT2D eigenvalue weighted by Gasteiger charge is -2.53. The zero-order valence-electron chi connectivity index (χ0n) is 15.7. The van der Waals surface area contributed by atoms with Gasteiger partial charge < -0.3 is 20.0 Å². The first kappa shape index (κ1) is 17.6. The summed E-state index contributed by atoms with van der Waals surface area (Å²) in [5.74, 6) is 1.18. The number of nitrogens with one attached hydrogen (secondary N) is 1. The van der Waals surface area contributed by atoms with Gasteiger partial charge in [0.15, 0.2) is 0 Å². The molecule has 7 heteroatoms. The van der Waals surface area contributed by atoms with Gasteiger partial charge in [-0.05, 0) is 43.9 Å². The Morgan fingerprint density at radius 1 is 1.04 bits per heavy atom. The van der Waals surface area contributed by atoms with Crippen molar-refractivity contribution in [2.24, 2.45) is 11.8 Å². The maximum Gasteiger partial charge on any atom is 0.320 e. The molecular weight excluding hydrogens is 332 g/mol. The molecule has 0 aliphatic carbocycles. The molecule has 144 valence electrons. The summed E-state index contributed by atoms with van der Waals surface area (Å²) < 4.78 is 0. The lowest BCUT2D eigenvalue weighted by molar-refractivity contribution is -0.144. The van der Waals surface area contributed by atoms with Crippen molar-refractivity contribution in [3.8, 4) is 0 Å². The summed E-state index contributed by atoms with van der Waals surface area (Å²) in [4.78, 5) is 42.6. The van der Waals surface area contributed by atoms with E-state index < -0.39 is 0 Å². The van der Waals surface area contributed by atoms with Gasteiger partial charge in [0.2, 0.25) is 11.8 Å². The van der Waals surface area contributed by atoms with Gasteiger partial charge in [-0.3, -0.25) is 9.59 Å². The molecule has 4 amide bonds. The van der Waals surface area contributed by atoms with E-state index >= 15 is 0 Å². The van der Waals surface area contributed by atoms with E-state index in [1.807, 2.05) is 9.80 Å². The maximum atomic E-state index is 13.0. The normalized spacial score (nSPS) is 32.3. The van der Waals surface area contributed by atoms with Crippen LogP contribution in [0.25, 0.3) is 0 Å². The SMILES string of the molecule is CC(=O)NC1CCN(C(=O)N2CC3CC(C2)[C@H]2CCCC(=O)N2C3)CC1. The fourth-order valence-electron chi connectivity index (χ4n) is 5.47. The second kappa shape index (κ2) is 7.08. The number of hydrogen-bond acceptors (Lipinski definition) is 3. The number of hydrogen-bond donors (Lipinski definition) is 1. The molecule has 2 bridgehead atoms. The van der Waals surface area contributed by atoms with E-state index in [0.717, 1.165) is 51.7 Å². The van der Waals surface area contributed by atoms with Crippen LogP contribution in [0.15, 0.2) is 0 Å². The van der Waals surface area contributed by atoms with Crippen LogP contribution in [-0.2, 0) is 9.59 Å². The minimum Gasteiger partial charge on any atom is -0.353 e. The number of nitrogens with zero attached hydrogens (tertiary/aromatic N) is 3. The van der Waals surface area contributed by atoms with Crippen molar-refractivity contribution >= 4 is 17.8 Å². The summed E-state index contributed by atoms with van der Waals surface area (Å²) in [5, 5.41) is 2.96. The zero-order valence-corrected chi connectivity index (χ0v) is 15.7. The predicted octanol–water partition coefficient (Wildman–Crippen LogP) is 1.04. The predicted molar refractivity (Wildman–Crippen MR) is 96.3 cm³/mol. The van der Waals surface area contributed by atoms with Gasteiger partial charge in [0.25, 0.3) is 0 Å². The topological polar surface area (TPSA) is 73.0 Å². The van der Waals surface area contributed by atoms with E-state index in [1.54, 1.807) is 6.92 Å². The second-order valence-corrected chi connectivity index (χ2v) is 8.52. The van der Waals surface area contributed by atoms with Crippen molar-refractivity contribution in [3.05, 3.63) is 0 Å². The average Bonchev–Trinajstić information content (AvgIpc) is 2.62. The van der Waals surface area contributed by atoms with Crippen molar-refractivity contribution in [1.29, 1.82) is 0 Å². The monoisotopic (exact) mass is 362 g/mol. The third-order valence-corrected chi connectivity index (χ3v) is 6.62. The zero-order chi connectivity index (χ0) is 18.3. The van der Waals surface area contributed by atoms with Gasteiger partial charge in [0, 0.05) is 58.2 Å². The van der Waals surface area contributed by atoms with Crippen molar-refractivity contribution < 1.29 is 14.4 Å². The third-order valence-electron chi connectivity index (χ3n) is 6.62. The first-order valence-electron chi connectivity index (χ1n) is 10.1. The number of carbonyl (C=O) groups is 3. The summed E-state index contributed by atoms with van der Waals surface area (Å²) in [5.41, 5.74) is 0. The van der Waals surface area contributed by atoms with Crippen LogP contribution in [0.4, 0.5) is 4.79 Å². The molecule has 4 rings (SSSR count). The molecule has 0 aromatic heterocycles. The standard InChI is InChI=1S/C19H30N4O3/c1-13(24)20-16-5-7-21(8-6-16)19(26)22-10-14-9-15(12-22)17-3-2-4-18(25)23(17)11-14/h14-17H,2-12H2,1H3,(H,20,24)/t14?,15?,17-/m1/s1. The summed E-state index contributed by atoms with van der Waals surface area (Å²) in [6.07, 6.45) is 5.59. The quantitative estimate of drug-likeness (QED) is 0.757. The molecule has 4 aliphatic rings. The van der Waals surface area contributed by atoms with Gasteiger partial charge in [0.05, 0.1) is 0 Å². The van der Waals surface area contributed by atoms with Crippen molar-refractivity contribution in [1.82, 2.24) is 20.0 Å². The van der Waals surface area contributed by atoms with E-state index in [4.69, 9.17) is 0 Å². The molecule has 4 heterocycles. The van der Waals surface area contributed by atoms with Gasteiger partial charge in [-0.1, -0.05) is 0 Å². The lowest BCUT2D eigenvalue weighted by Crippen LogP contribution is -2.62. The van der Waals surface area contributed by atoms with Gasteiger partial charge in [-0.25, -0.2) is 4.79 Å². The molecular formula is C19H30N4O3. The van der Waals surface area contributed by atoms with Crippen LogP contribution in [0.2, 0.25) is 0 Å². The van der Waals surface area contributed by atoms with Gasteiger partial charge in [-0.15, -0.1) is 0 Å². The summed E-state index contributed by atoms with van der Waals surface area (Å²) >= 11 is 0. The highest BCUT2D eigenvalue weighted by Gasteiger charge is 2.45. The molecule has 2 unspecified atom stereocenters. The van der Waals surface area contributed by atoms with Crippen LogP contribution < -0.4 is 5.32 Å². The molecule has 0 saturated carbocycles. The van der Waals surface area contributed by atoms with Crippen LogP contribution in [0.3, 0.4) is 0 Å². The van der Waals surface area contributed by atoms with E-state index in [1.165, 1.54) is 0 Å². The Hall–Kier alpha value is -1.79. The minimum atomic E-state index is 0.00483. The van der Waals surface area contributed by atoms with Crippen LogP contribution in [0.1, 0.15) is 45.4 Å². The Balaban J connectivity index is 1.35. The van der Waals surface area contributed by atoms with Crippen molar-refractivity contribution in [2.45, 2.75) is 57.5 Å². The number of rotatable bonds is 1. The Kier molecular flexibility index (Phi) is 4.80. The fourth-order valence-corrected chi connectivity index (χ4v) is 5.47. The Morgan fingerprint density at radius 2 is 1.81 bits per heavy atom. The lowest BCUT2D eigenvalue weighted by atomic mass is 9.76. The summed E-state index contributed by atoms with van der Waals surface area (Å²) in [7, 11) is 0. The Morgan fingerprint density at radius 3 is 2.54 bits per heavy atom. The molecule has 3 atom stereocenters. The number of likely N-dealkylation sites (tertiary alicyclic amines) is 2.